The predicted octanol–water partition coefficient (Wildman–Crippen LogP) is 0.523. The highest BCUT2D eigenvalue weighted by molar-refractivity contribution is 6.53. The van der Waals surface area contributed by atoms with Crippen LogP contribution in [0.25, 0.3) is 0 Å². The SMILES string of the molecule is C=CC(=O)CO[Si](OC)(OC)OCC. The Morgan fingerprint density at radius 2 is 1.93 bits per heavy atom. The fourth-order valence-corrected chi connectivity index (χ4v) is 2.15. The Bertz CT molecular complexity index is 190. The predicted molar refractivity (Wildman–Crippen MR) is 52.6 cm³/mol. The van der Waals surface area contributed by atoms with Crippen molar-refractivity contribution >= 4 is 14.8 Å². The first-order valence-electron chi connectivity index (χ1n) is 4.17. The number of carbonyl (C=O) groups excluding carboxylic acids is 1. The third-order valence-corrected chi connectivity index (χ3v) is 3.58. The van der Waals surface area contributed by atoms with E-state index in [1.165, 1.54) is 20.3 Å². The largest absolute Gasteiger partial charge is 0.679 e. The summed E-state index contributed by atoms with van der Waals surface area (Å²) in [4.78, 5) is 10.9. The van der Waals surface area contributed by atoms with E-state index in [0.717, 1.165) is 0 Å². The molecular weight excluding hydrogens is 204 g/mol. The quantitative estimate of drug-likeness (QED) is 0.441. The molecule has 0 spiro atoms. The van der Waals surface area contributed by atoms with Gasteiger partial charge in [-0.15, -0.1) is 0 Å². The number of hydrogen-bond donors (Lipinski definition) is 0. The van der Waals surface area contributed by atoms with Crippen LogP contribution in [0, 0.1) is 0 Å². The van der Waals surface area contributed by atoms with Gasteiger partial charge in [-0.2, -0.15) is 0 Å². The summed E-state index contributed by atoms with van der Waals surface area (Å²) in [6.07, 6.45) is 1.18. The molecule has 0 heterocycles. The van der Waals surface area contributed by atoms with Crippen molar-refractivity contribution in [3.63, 3.8) is 0 Å². The Hall–Kier alpha value is -0.533. The molecule has 0 aliphatic heterocycles. The van der Waals surface area contributed by atoms with Crippen LogP contribution in [0.2, 0.25) is 0 Å². The molecule has 14 heavy (non-hydrogen) atoms. The average molecular weight is 220 g/mol. The molecule has 0 aromatic rings. The van der Waals surface area contributed by atoms with E-state index >= 15 is 0 Å². The highest BCUT2D eigenvalue weighted by Crippen LogP contribution is 2.08. The summed E-state index contributed by atoms with van der Waals surface area (Å²) in [5, 5.41) is 0. The van der Waals surface area contributed by atoms with Crippen molar-refractivity contribution in [3.8, 4) is 0 Å². The molecule has 0 atom stereocenters. The van der Waals surface area contributed by atoms with Crippen molar-refractivity contribution in [3.05, 3.63) is 12.7 Å². The molecule has 0 aliphatic rings. The normalized spacial score (nSPS) is 11.4. The molecule has 82 valence electrons. The summed E-state index contributed by atoms with van der Waals surface area (Å²) < 4.78 is 20.4. The number of hydrogen-bond acceptors (Lipinski definition) is 5. The van der Waals surface area contributed by atoms with Crippen LogP contribution < -0.4 is 0 Å². The number of carbonyl (C=O) groups is 1. The average Bonchev–Trinajstić information content (AvgIpc) is 2.24. The van der Waals surface area contributed by atoms with Gasteiger partial charge in [-0.25, -0.2) is 0 Å². The summed E-state index contributed by atoms with van der Waals surface area (Å²) in [5.41, 5.74) is 0. The topological polar surface area (TPSA) is 54.0 Å². The van der Waals surface area contributed by atoms with E-state index in [0.29, 0.717) is 6.61 Å². The van der Waals surface area contributed by atoms with Gasteiger partial charge in [0.1, 0.15) is 6.61 Å². The zero-order chi connectivity index (χ0) is 11.0. The van der Waals surface area contributed by atoms with Gasteiger partial charge in [0.2, 0.25) is 0 Å². The van der Waals surface area contributed by atoms with Gasteiger partial charge in [-0.05, 0) is 13.0 Å². The van der Waals surface area contributed by atoms with Gasteiger partial charge in [0.15, 0.2) is 5.78 Å². The Balaban J connectivity index is 4.19. The maximum absolute atomic E-state index is 10.9. The van der Waals surface area contributed by atoms with Crippen LogP contribution in [0.15, 0.2) is 12.7 Å². The second-order valence-electron chi connectivity index (χ2n) is 2.30. The summed E-state index contributed by atoms with van der Waals surface area (Å²) >= 11 is 0. The first-order chi connectivity index (χ1) is 6.64. The lowest BCUT2D eigenvalue weighted by molar-refractivity contribution is -0.119. The Morgan fingerprint density at radius 1 is 1.36 bits per heavy atom. The Kier molecular flexibility index (Phi) is 6.59. The van der Waals surface area contributed by atoms with Crippen LogP contribution in [0.4, 0.5) is 0 Å². The van der Waals surface area contributed by atoms with Gasteiger partial charge in [0, 0.05) is 20.8 Å². The lowest BCUT2D eigenvalue weighted by atomic mass is 10.4. The van der Waals surface area contributed by atoms with Crippen molar-refractivity contribution in [2.24, 2.45) is 0 Å². The van der Waals surface area contributed by atoms with Crippen molar-refractivity contribution in [1.82, 2.24) is 0 Å². The second-order valence-corrected chi connectivity index (χ2v) is 4.69. The van der Waals surface area contributed by atoms with Crippen LogP contribution in [0.1, 0.15) is 6.92 Å². The molecule has 0 rings (SSSR count). The van der Waals surface area contributed by atoms with Crippen LogP contribution in [-0.4, -0.2) is 42.3 Å². The van der Waals surface area contributed by atoms with Gasteiger partial charge >= 0.3 is 9.05 Å². The minimum atomic E-state index is -3.09. The molecule has 0 unspecified atom stereocenters. The van der Waals surface area contributed by atoms with Crippen molar-refractivity contribution in [2.45, 2.75) is 6.92 Å². The first-order valence-corrected chi connectivity index (χ1v) is 5.81. The Labute approximate surface area is 85.1 Å². The highest BCUT2D eigenvalue weighted by Gasteiger charge is 2.43. The number of rotatable bonds is 8. The molecule has 0 amide bonds. The lowest BCUT2D eigenvalue weighted by Gasteiger charge is -2.23. The van der Waals surface area contributed by atoms with Crippen LogP contribution >= 0.6 is 0 Å². The van der Waals surface area contributed by atoms with Crippen molar-refractivity contribution < 1.29 is 22.5 Å². The first kappa shape index (κ1) is 13.5. The molecule has 0 saturated carbocycles. The zero-order valence-corrected chi connectivity index (χ0v) is 9.74. The maximum atomic E-state index is 10.9. The molecule has 0 radical (unpaired) electrons. The zero-order valence-electron chi connectivity index (χ0n) is 8.74. The van der Waals surface area contributed by atoms with Crippen molar-refractivity contribution in [2.75, 3.05) is 27.4 Å². The fraction of sp³-hybridized carbons (Fsp3) is 0.625. The molecule has 0 aromatic heterocycles. The Morgan fingerprint density at radius 3 is 2.29 bits per heavy atom. The standard InChI is InChI=1S/C8H16O5Si/c1-5-8(9)7-13-14(10-3,11-4)12-6-2/h5H,1,6-7H2,2-4H3. The van der Waals surface area contributed by atoms with Crippen LogP contribution in [0.3, 0.4) is 0 Å². The van der Waals surface area contributed by atoms with Gasteiger partial charge in [0.05, 0.1) is 0 Å². The molecule has 5 nitrogen and oxygen atoms in total. The van der Waals surface area contributed by atoms with Crippen LogP contribution in [0.5, 0.6) is 0 Å². The maximum Gasteiger partial charge on any atom is 0.679 e. The van der Waals surface area contributed by atoms with Gasteiger partial charge < -0.3 is 17.7 Å². The smallest absolute Gasteiger partial charge is 0.355 e. The van der Waals surface area contributed by atoms with Crippen molar-refractivity contribution in [1.29, 1.82) is 0 Å². The minimum absolute atomic E-state index is 0.141. The van der Waals surface area contributed by atoms with Crippen LogP contribution in [-0.2, 0) is 22.5 Å². The van der Waals surface area contributed by atoms with E-state index in [9.17, 15) is 4.79 Å². The summed E-state index contributed by atoms with van der Waals surface area (Å²) in [5.74, 6) is -0.240. The molecule has 0 aliphatic carbocycles. The monoisotopic (exact) mass is 220 g/mol. The lowest BCUT2D eigenvalue weighted by Crippen LogP contribution is -2.48. The molecular formula is C8H16O5Si. The van der Waals surface area contributed by atoms with E-state index in [1.807, 2.05) is 0 Å². The molecule has 0 saturated heterocycles. The molecule has 0 bridgehead atoms. The molecule has 0 N–H and O–H groups in total. The summed E-state index contributed by atoms with van der Waals surface area (Å²) in [6, 6.07) is 0. The molecule has 0 fully saturated rings. The van der Waals surface area contributed by atoms with E-state index in [1.54, 1.807) is 6.92 Å². The number of ketones is 1. The third kappa shape index (κ3) is 4.12. The van der Waals surface area contributed by atoms with E-state index in [2.05, 4.69) is 6.58 Å². The van der Waals surface area contributed by atoms with Gasteiger partial charge in [0.25, 0.3) is 0 Å². The van der Waals surface area contributed by atoms with E-state index < -0.39 is 9.05 Å². The highest BCUT2D eigenvalue weighted by atomic mass is 28.4. The van der Waals surface area contributed by atoms with E-state index in [-0.39, 0.29) is 12.4 Å². The van der Waals surface area contributed by atoms with Gasteiger partial charge in [-0.1, -0.05) is 6.58 Å². The van der Waals surface area contributed by atoms with E-state index in [4.69, 9.17) is 17.7 Å². The third-order valence-electron chi connectivity index (χ3n) is 1.44. The molecule has 6 heteroatoms. The summed E-state index contributed by atoms with van der Waals surface area (Å²) in [6.45, 7) is 5.37. The molecule has 0 aromatic carbocycles. The van der Waals surface area contributed by atoms with Gasteiger partial charge in [-0.3, -0.25) is 4.79 Å². The fourth-order valence-electron chi connectivity index (χ4n) is 0.756. The second kappa shape index (κ2) is 6.85. The summed E-state index contributed by atoms with van der Waals surface area (Å²) in [7, 11) is -0.250. The minimum Gasteiger partial charge on any atom is -0.355 e.